The SMILES string of the molecule is COc1cc2c(cc1OCc1ccccc1)C(c1ccc(OC)c(C(C)C)c1)NCC2. The highest BCUT2D eigenvalue weighted by Crippen LogP contribution is 2.39. The van der Waals surface area contributed by atoms with E-state index in [1.165, 1.54) is 22.3 Å². The van der Waals surface area contributed by atoms with Crippen LogP contribution >= 0.6 is 0 Å². The van der Waals surface area contributed by atoms with Gasteiger partial charge < -0.3 is 19.5 Å². The van der Waals surface area contributed by atoms with Crippen LogP contribution in [0.15, 0.2) is 60.7 Å². The van der Waals surface area contributed by atoms with Crippen LogP contribution in [0.25, 0.3) is 0 Å². The molecular weight excluding hydrogens is 386 g/mol. The number of methoxy groups -OCH3 is 2. The predicted octanol–water partition coefficient (Wildman–Crippen LogP) is 5.64. The van der Waals surface area contributed by atoms with Crippen molar-refractivity contribution < 1.29 is 14.2 Å². The van der Waals surface area contributed by atoms with Crippen LogP contribution in [0.3, 0.4) is 0 Å². The summed E-state index contributed by atoms with van der Waals surface area (Å²) < 4.78 is 17.4. The molecule has 162 valence electrons. The fourth-order valence-corrected chi connectivity index (χ4v) is 4.25. The van der Waals surface area contributed by atoms with Crippen LogP contribution in [0.5, 0.6) is 17.2 Å². The summed E-state index contributed by atoms with van der Waals surface area (Å²) in [6, 6.07) is 21.1. The summed E-state index contributed by atoms with van der Waals surface area (Å²) in [5, 5.41) is 3.70. The van der Waals surface area contributed by atoms with Gasteiger partial charge in [-0.15, -0.1) is 0 Å². The van der Waals surface area contributed by atoms with Gasteiger partial charge in [0.25, 0.3) is 0 Å². The second kappa shape index (κ2) is 9.44. The van der Waals surface area contributed by atoms with Gasteiger partial charge in [-0.05, 0) is 64.4 Å². The van der Waals surface area contributed by atoms with E-state index in [1.54, 1.807) is 14.2 Å². The van der Waals surface area contributed by atoms with Crippen LogP contribution in [-0.2, 0) is 13.0 Å². The number of fused-ring (bicyclic) bond motifs is 1. The minimum atomic E-state index is 0.108. The average molecular weight is 418 g/mol. The van der Waals surface area contributed by atoms with Gasteiger partial charge >= 0.3 is 0 Å². The first-order valence-corrected chi connectivity index (χ1v) is 10.9. The van der Waals surface area contributed by atoms with Crippen LogP contribution in [-0.4, -0.2) is 20.8 Å². The summed E-state index contributed by atoms with van der Waals surface area (Å²) >= 11 is 0. The number of benzene rings is 3. The molecule has 0 spiro atoms. The van der Waals surface area contributed by atoms with Crippen LogP contribution in [0.4, 0.5) is 0 Å². The second-order valence-electron chi connectivity index (χ2n) is 8.27. The average Bonchev–Trinajstić information content (AvgIpc) is 2.81. The molecule has 0 aliphatic carbocycles. The number of hydrogen-bond donors (Lipinski definition) is 1. The molecule has 3 aromatic carbocycles. The van der Waals surface area contributed by atoms with E-state index in [2.05, 4.69) is 61.6 Å². The second-order valence-corrected chi connectivity index (χ2v) is 8.27. The quantitative estimate of drug-likeness (QED) is 0.540. The van der Waals surface area contributed by atoms with E-state index in [9.17, 15) is 0 Å². The molecule has 4 heteroatoms. The van der Waals surface area contributed by atoms with E-state index >= 15 is 0 Å². The summed E-state index contributed by atoms with van der Waals surface area (Å²) in [7, 11) is 3.44. The fourth-order valence-electron chi connectivity index (χ4n) is 4.25. The zero-order chi connectivity index (χ0) is 21.8. The molecule has 0 radical (unpaired) electrons. The van der Waals surface area contributed by atoms with Crippen molar-refractivity contribution in [2.45, 2.75) is 38.8 Å². The standard InChI is InChI=1S/C27H31NO3/c1-18(2)22-14-21(10-11-24(22)29-3)27-23-16-26(31-17-19-8-6-5-7-9-19)25(30-4)15-20(23)12-13-28-27/h5-11,14-16,18,27-28H,12-13,17H2,1-4H3. The zero-order valence-electron chi connectivity index (χ0n) is 18.8. The number of ether oxygens (including phenoxy) is 3. The van der Waals surface area contributed by atoms with Crippen molar-refractivity contribution in [1.82, 2.24) is 5.32 Å². The third-order valence-corrected chi connectivity index (χ3v) is 5.93. The first kappa shape index (κ1) is 21.3. The van der Waals surface area contributed by atoms with Crippen molar-refractivity contribution in [3.8, 4) is 17.2 Å². The molecule has 3 aromatic rings. The van der Waals surface area contributed by atoms with E-state index in [0.717, 1.165) is 35.8 Å². The Hall–Kier alpha value is -2.98. The Bertz CT molecular complexity index is 1030. The molecule has 0 bridgehead atoms. The summed E-state index contributed by atoms with van der Waals surface area (Å²) in [5.41, 5.74) is 6.14. The lowest BCUT2D eigenvalue weighted by Crippen LogP contribution is -2.30. The highest BCUT2D eigenvalue weighted by Gasteiger charge is 2.25. The maximum atomic E-state index is 6.19. The molecule has 4 nitrogen and oxygen atoms in total. The lowest BCUT2D eigenvalue weighted by molar-refractivity contribution is 0.283. The van der Waals surface area contributed by atoms with E-state index < -0.39 is 0 Å². The van der Waals surface area contributed by atoms with Gasteiger partial charge in [0.15, 0.2) is 11.5 Å². The minimum absolute atomic E-state index is 0.108. The Kier molecular flexibility index (Phi) is 6.47. The fraction of sp³-hybridized carbons (Fsp3) is 0.333. The van der Waals surface area contributed by atoms with Crippen LogP contribution in [0.2, 0.25) is 0 Å². The molecule has 1 heterocycles. The Morgan fingerprint density at radius 2 is 1.68 bits per heavy atom. The summed E-state index contributed by atoms with van der Waals surface area (Å²) in [5.74, 6) is 2.89. The topological polar surface area (TPSA) is 39.7 Å². The van der Waals surface area contributed by atoms with Crippen molar-refractivity contribution in [2.24, 2.45) is 0 Å². The lowest BCUT2D eigenvalue weighted by Gasteiger charge is -2.29. The summed E-state index contributed by atoms with van der Waals surface area (Å²) in [4.78, 5) is 0. The zero-order valence-corrected chi connectivity index (χ0v) is 18.8. The first-order chi connectivity index (χ1) is 15.1. The van der Waals surface area contributed by atoms with Gasteiger partial charge in [0.2, 0.25) is 0 Å². The Balaban J connectivity index is 1.69. The van der Waals surface area contributed by atoms with Crippen molar-refractivity contribution in [2.75, 3.05) is 20.8 Å². The molecule has 0 amide bonds. The third kappa shape index (κ3) is 4.54. The van der Waals surface area contributed by atoms with Gasteiger partial charge in [-0.2, -0.15) is 0 Å². The largest absolute Gasteiger partial charge is 0.496 e. The summed E-state index contributed by atoms with van der Waals surface area (Å²) in [6.07, 6.45) is 0.967. The summed E-state index contributed by atoms with van der Waals surface area (Å²) in [6.45, 7) is 5.83. The van der Waals surface area contributed by atoms with Gasteiger partial charge in [0.05, 0.1) is 20.3 Å². The molecule has 1 unspecified atom stereocenters. The molecule has 1 aliphatic heterocycles. The molecule has 31 heavy (non-hydrogen) atoms. The maximum Gasteiger partial charge on any atom is 0.162 e. The van der Waals surface area contributed by atoms with Crippen molar-refractivity contribution in [3.63, 3.8) is 0 Å². The first-order valence-electron chi connectivity index (χ1n) is 10.9. The normalized spacial score (nSPS) is 15.5. The van der Waals surface area contributed by atoms with E-state index in [-0.39, 0.29) is 6.04 Å². The van der Waals surface area contributed by atoms with Crippen LogP contribution < -0.4 is 19.5 Å². The Labute approximate surface area is 185 Å². The van der Waals surface area contributed by atoms with E-state index in [0.29, 0.717) is 12.5 Å². The molecule has 0 fully saturated rings. The van der Waals surface area contributed by atoms with E-state index in [1.807, 2.05) is 18.2 Å². The van der Waals surface area contributed by atoms with Gasteiger partial charge in [0, 0.05) is 6.54 Å². The van der Waals surface area contributed by atoms with Gasteiger partial charge in [0.1, 0.15) is 12.4 Å². The lowest BCUT2D eigenvalue weighted by atomic mass is 9.87. The van der Waals surface area contributed by atoms with E-state index in [4.69, 9.17) is 14.2 Å². The van der Waals surface area contributed by atoms with Crippen molar-refractivity contribution in [1.29, 1.82) is 0 Å². The van der Waals surface area contributed by atoms with Crippen molar-refractivity contribution >= 4 is 0 Å². The molecule has 1 N–H and O–H groups in total. The highest BCUT2D eigenvalue weighted by molar-refractivity contribution is 5.53. The molecule has 1 aliphatic rings. The molecule has 4 rings (SSSR count). The molecule has 0 aromatic heterocycles. The number of hydrogen-bond acceptors (Lipinski definition) is 4. The van der Waals surface area contributed by atoms with Crippen molar-refractivity contribution in [3.05, 3.63) is 88.5 Å². The molecule has 0 saturated heterocycles. The van der Waals surface area contributed by atoms with Gasteiger partial charge in [-0.25, -0.2) is 0 Å². The maximum absolute atomic E-state index is 6.19. The minimum Gasteiger partial charge on any atom is -0.496 e. The van der Waals surface area contributed by atoms with Gasteiger partial charge in [-0.3, -0.25) is 0 Å². The molecule has 0 saturated carbocycles. The Morgan fingerprint density at radius 1 is 0.903 bits per heavy atom. The van der Waals surface area contributed by atoms with Crippen LogP contribution in [0.1, 0.15) is 53.6 Å². The smallest absolute Gasteiger partial charge is 0.162 e. The molecular formula is C27H31NO3. The van der Waals surface area contributed by atoms with Gasteiger partial charge in [-0.1, -0.05) is 50.2 Å². The predicted molar refractivity (Wildman–Crippen MR) is 124 cm³/mol. The molecule has 1 atom stereocenters. The highest BCUT2D eigenvalue weighted by atomic mass is 16.5. The number of nitrogens with one attached hydrogen (secondary N) is 1. The van der Waals surface area contributed by atoms with Crippen LogP contribution in [0, 0.1) is 0 Å². The Morgan fingerprint density at radius 3 is 2.39 bits per heavy atom. The third-order valence-electron chi connectivity index (χ3n) is 5.93. The number of rotatable bonds is 7. The monoisotopic (exact) mass is 417 g/mol.